The zero-order valence-corrected chi connectivity index (χ0v) is 21.0. The number of piperidine rings is 1. The number of fused-ring (bicyclic) bond motifs is 1. The van der Waals surface area contributed by atoms with Crippen LogP contribution < -0.4 is 26.1 Å². The number of nitrogens with zero attached hydrogens (tertiary/aromatic N) is 5. The summed E-state index contributed by atoms with van der Waals surface area (Å²) in [6.45, 7) is 5.07. The summed E-state index contributed by atoms with van der Waals surface area (Å²) in [5, 5.41) is 2.98. The molecular formula is C25H31N7O5. The lowest BCUT2D eigenvalue weighted by Gasteiger charge is -2.38. The lowest BCUT2D eigenvalue weighted by molar-refractivity contribution is 0.0735. The minimum absolute atomic E-state index is 0.0490. The molecule has 2 aliphatic rings. The molecule has 12 nitrogen and oxygen atoms in total. The Morgan fingerprint density at radius 1 is 1.22 bits per heavy atom. The third-order valence-corrected chi connectivity index (χ3v) is 7.30. The highest BCUT2D eigenvalue weighted by Gasteiger charge is 2.37. The highest BCUT2D eigenvalue weighted by atomic mass is 16.5. The van der Waals surface area contributed by atoms with Crippen LogP contribution in [0.3, 0.4) is 0 Å². The Morgan fingerprint density at radius 2 is 1.97 bits per heavy atom. The summed E-state index contributed by atoms with van der Waals surface area (Å²) in [5.74, 6) is 0.395. The molecule has 0 saturated carbocycles. The number of nitrogen functional groups attached to an aromatic ring is 1. The molecule has 5 rings (SSSR count). The first kappa shape index (κ1) is 24.9. The maximum atomic E-state index is 13.0. The molecule has 0 atom stereocenters. The molecule has 0 radical (unpaired) electrons. The van der Waals surface area contributed by atoms with Crippen LogP contribution in [-0.4, -0.2) is 76.9 Å². The number of carbonyl (C=O) groups excluding carboxylic acids is 1. The van der Waals surface area contributed by atoms with Gasteiger partial charge >= 0.3 is 0 Å². The lowest BCUT2D eigenvalue weighted by Crippen LogP contribution is -2.42. The van der Waals surface area contributed by atoms with E-state index >= 15 is 0 Å². The Kier molecular flexibility index (Phi) is 6.94. The van der Waals surface area contributed by atoms with Crippen molar-refractivity contribution in [1.29, 1.82) is 0 Å². The summed E-state index contributed by atoms with van der Waals surface area (Å²) < 4.78 is 18.6. The van der Waals surface area contributed by atoms with E-state index in [0.717, 1.165) is 52.1 Å². The van der Waals surface area contributed by atoms with Crippen LogP contribution in [0.15, 0.2) is 29.3 Å². The van der Waals surface area contributed by atoms with Gasteiger partial charge in [-0.15, -0.1) is 0 Å². The molecule has 2 aliphatic heterocycles. The molecule has 37 heavy (non-hydrogen) atoms. The number of methoxy groups -OCH3 is 1. The van der Waals surface area contributed by atoms with Gasteiger partial charge in [0.05, 0.1) is 24.7 Å². The minimum atomic E-state index is -0.527. The van der Waals surface area contributed by atoms with Gasteiger partial charge in [-0.3, -0.25) is 24.4 Å². The molecule has 0 aliphatic carbocycles. The Morgan fingerprint density at radius 3 is 2.65 bits per heavy atom. The average molecular weight is 510 g/mol. The van der Waals surface area contributed by atoms with Crippen molar-refractivity contribution >= 4 is 28.7 Å². The first-order chi connectivity index (χ1) is 17.9. The van der Waals surface area contributed by atoms with E-state index < -0.39 is 5.91 Å². The maximum absolute atomic E-state index is 13.0. The molecule has 196 valence electrons. The molecular weight excluding hydrogens is 478 g/mol. The van der Waals surface area contributed by atoms with Crippen molar-refractivity contribution in [1.82, 2.24) is 24.4 Å². The molecule has 1 amide bonds. The fraction of sp³-hybridized carbons (Fsp3) is 0.480. The summed E-state index contributed by atoms with van der Waals surface area (Å²) in [5.41, 5.74) is 5.99. The van der Waals surface area contributed by atoms with Gasteiger partial charge in [-0.1, -0.05) is 0 Å². The number of anilines is 2. The summed E-state index contributed by atoms with van der Waals surface area (Å²) in [6.07, 6.45) is 6.06. The van der Waals surface area contributed by atoms with Crippen LogP contribution in [0.2, 0.25) is 0 Å². The zero-order valence-electron chi connectivity index (χ0n) is 21.0. The molecule has 1 spiro atoms. The number of hydrogen-bond donors (Lipinski definition) is 2. The summed E-state index contributed by atoms with van der Waals surface area (Å²) >= 11 is 0. The van der Waals surface area contributed by atoms with Crippen molar-refractivity contribution < 1.29 is 19.0 Å². The highest BCUT2D eigenvalue weighted by Crippen LogP contribution is 2.39. The van der Waals surface area contributed by atoms with E-state index in [2.05, 4.69) is 25.2 Å². The van der Waals surface area contributed by atoms with Gasteiger partial charge in [0.2, 0.25) is 11.9 Å². The highest BCUT2D eigenvalue weighted by molar-refractivity contribution is 6.03. The zero-order chi connectivity index (χ0) is 26.0. The fourth-order valence-electron chi connectivity index (χ4n) is 4.93. The average Bonchev–Trinajstić information content (AvgIpc) is 3.36. The molecule has 4 heterocycles. The number of benzene rings is 1. The van der Waals surface area contributed by atoms with Gasteiger partial charge in [-0.25, -0.2) is 15.0 Å². The predicted octanol–water partition coefficient (Wildman–Crippen LogP) is 1.45. The Balaban J connectivity index is 1.31. The second-order valence-electron chi connectivity index (χ2n) is 9.57. The molecule has 2 fully saturated rings. The van der Waals surface area contributed by atoms with E-state index in [4.69, 9.17) is 19.9 Å². The largest absolute Gasteiger partial charge is 0.491 e. The van der Waals surface area contributed by atoms with Crippen LogP contribution in [-0.2, 0) is 11.8 Å². The number of nitrogens with one attached hydrogen (secondary N) is 1. The van der Waals surface area contributed by atoms with Gasteiger partial charge in [-0.05, 0) is 49.9 Å². The molecule has 2 aromatic heterocycles. The quantitative estimate of drug-likeness (QED) is 0.480. The lowest BCUT2D eigenvalue weighted by atomic mass is 9.78. The standard InChI is InChI=1S/C25H31N7O5/c1-31-22(34)17-3-4-18(37-12-10-32-8-5-25(6-9-32)7-11-36-15-25)20(35-2)19(17)29-24(31)30-21(33)16-13-27-23(26)28-14-16/h3-4,13-14H,5-12,15H2,1-2H3,(H2,26,27,28)(H,29,30,33). The summed E-state index contributed by atoms with van der Waals surface area (Å²) in [7, 11) is 3.03. The molecule has 12 heteroatoms. The van der Waals surface area contributed by atoms with E-state index in [9.17, 15) is 9.59 Å². The number of likely N-dealkylation sites (tertiary alicyclic amines) is 1. The first-order valence-corrected chi connectivity index (χ1v) is 12.3. The monoisotopic (exact) mass is 509 g/mol. The topological polar surface area (TPSA) is 147 Å². The van der Waals surface area contributed by atoms with E-state index in [1.165, 1.54) is 31.1 Å². The number of nitrogens with two attached hydrogens (primary N) is 1. The summed E-state index contributed by atoms with van der Waals surface area (Å²) in [4.78, 5) is 40.3. The van der Waals surface area contributed by atoms with E-state index in [-0.39, 0.29) is 23.0 Å². The second kappa shape index (κ2) is 10.3. The van der Waals surface area contributed by atoms with Crippen molar-refractivity contribution in [2.45, 2.75) is 19.3 Å². The number of amides is 1. The first-order valence-electron chi connectivity index (χ1n) is 12.3. The van der Waals surface area contributed by atoms with Crippen LogP contribution in [0.25, 0.3) is 10.9 Å². The van der Waals surface area contributed by atoms with Gasteiger partial charge in [0.1, 0.15) is 12.1 Å². The number of ether oxygens (including phenoxy) is 3. The van der Waals surface area contributed by atoms with E-state index in [1.54, 1.807) is 12.1 Å². The SMILES string of the molecule is COc1c(OCCN2CCC3(CCOC3)CC2)ccc2c(=O)n(C)c(NC(=O)c3cnc(N)nc3)nc12. The van der Waals surface area contributed by atoms with E-state index in [1.807, 2.05) is 0 Å². The Labute approximate surface area is 213 Å². The molecule has 2 saturated heterocycles. The van der Waals surface area contributed by atoms with Crippen LogP contribution in [0.5, 0.6) is 11.5 Å². The van der Waals surface area contributed by atoms with E-state index in [0.29, 0.717) is 34.4 Å². The van der Waals surface area contributed by atoms with Gasteiger partial charge in [-0.2, -0.15) is 0 Å². The Hall–Kier alpha value is -3.77. The smallest absolute Gasteiger partial charge is 0.262 e. The van der Waals surface area contributed by atoms with Crippen LogP contribution >= 0.6 is 0 Å². The van der Waals surface area contributed by atoms with Gasteiger partial charge in [0, 0.05) is 32.6 Å². The molecule has 0 unspecified atom stereocenters. The third kappa shape index (κ3) is 5.07. The maximum Gasteiger partial charge on any atom is 0.262 e. The van der Waals surface area contributed by atoms with Crippen molar-refractivity contribution in [3.05, 3.63) is 40.4 Å². The van der Waals surface area contributed by atoms with Crippen molar-refractivity contribution in [3.63, 3.8) is 0 Å². The van der Waals surface area contributed by atoms with Crippen LogP contribution in [0.4, 0.5) is 11.9 Å². The normalized spacial score (nSPS) is 17.2. The van der Waals surface area contributed by atoms with Gasteiger partial charge in [0.15, 0.2) is 11.5 Å². The molecule has 1 aromatic carbocycles. The van der Waals surface area contributed by atoms with Crippen molar-refractivity contribution in [2.75, 3.05) is 57.6 Å². The molecule has 3 aromatic rings. The molecule has 0 bridgehead atoms. The third-order valence-electron chi connectivity index (χ3n) is 7.30. The fourth-order valence-corrected chi connectivity index (χ4v) is 4.93. The Bertz CT molecular complexity index is 1340. The number of aromatic nitrogens is 4. The summed E-state index contributed by atoms with van der Waals surface area (Å²) in [6, 6.07) is 3.38. The number of rotatable bonds is 7. The van der Waals surface area contributed by atoms with Gasteiger partial charge in [0.25, 0.3) is 11.5 Å². The van der Waals surface area contributed by atoms with Crippen LogP contribution in [0, 0.1) is 5.41 Å². The van der Waals surface area contributed by atoms with Crippen molar-refractivity contribution in [3.8, 4) is 11.5 Å². The molecule has 3 N–H and O–H groups in total. The second-order valence-corrected chi connectivity index (χ2v) is 9.57. The number of hydrogen-bond acceptors (Lipinski definition) is 10. The number of carbonyl (C=O) groups is 1. The van der Waals surface area contributed by atoms with Crippen molar-refractivity contribution in [2.24, 2.45) is 12.5 Å². The van der Waals surface area contributed by atoms with Crippen LogP contribution in [0.1, 0.15) is 29.6 Å². The minimum Gasteiger partial charge on any atom is -0.491 e. The predicted molar refractivity (Wildman–Crippen MR) is 137 cm³/mol. The van der Waals surface area contributed by atoms with Gasteiger partial charge < -0.3 is 19.9 Å².